The molecule has 5 nitrogen and oxygen atoms in total. The topological polar surface area (TPSA) is 57.0 Å². The van der Waals surface area contributed by atoms with E-state index >= 15 is 0 Å². The Morgan fingerprint density at radius 3 is 2.27 bits per heavy atom. The Morgan fingerprint density at radius 1 is 1.40 bits per heavy atom. The number of carbonyl (C=O) groups is 2. The Kier molecular flexibility index (Phi) is 4.79. The van der Waals surface area contributed by atoms with E-state index < -0.39 is 23.6 Å². The summed E-state index contributed by atoms with van der Waals surface area (Å²) in [6.45, 7) is 11.9. The molecule has 0 radical (unpaired) electrons. The van der Waals surface area contributed by atoms with E-state index in [2.05, 4.69) is 9.58 Å². The van der Waals surface area contributed by atoms with Crippen LogP contribution in [0, 0.1) is 6.57 Å². The van der Waals surface area contributed by atoms with Gasteiger partial charge in [-0.3, -0.25) is 4.79 Å². The van der Waals surface area contributed by atoms with Gasteiger partial charge in [0.2, 0.25) is 0 Å². The van der Waals surface area contributed by atoms with Crippen molar-refractivity contribution in [2.75, 3.05) is 7.11 Å². The lowest BCUT2D eigenvalue weighted by atomic mass is 10.2. The third-order valence-electron chi connectivity index (χ3n) is 1.41. The first-order valence-corrected chi connectivity index (χ1v) is 4.46. The highest BCUT2D eigenvalue weighted by Gasteiger charge is 2.30. The first-order valence-electron chi connectivity index (χ1n) is 4.46. The van der Waals surface area contributed by atoms with Crippen LogP contribution in [0.15, 0.2) is 0 Å². The zero-order valence-corrected chi connectivity index (χ0v) is 9.36. The second kappa shape index (κ2) is 5.35. The number of hydrogen-bond donors (Lipinski definition) is 0. The summed E-state index contributed by atoms with van der Waals surface area (Å²) in [6.07, 6.45) is -0.270. The van der Waals surface area contributed by atoms with Gasteiger partial charge in [-0.15, -0.1) is 0 Å². The van der Waals surface area contributed by atoms with Crippen molar-refractivity contribution < 1.29 is 19.1 Å². The Labute approximate surface area is 89.2 Å². The molecule has 0 aliphatic heterocycles. The molecule has 0 amide bonds. The summed E-state index contributed by atoms with van der Waals surface area (Å²) in [6, 6.07) is -1.11. The molecule has 0 bridgehead atoms. The van der Waals surface area contributed by atoms with Gasteiger partial charge in [0.25, 0.3) is 0 Å². The number of hydrogen-bond acceptors (Lipinski definition) is 4. The van der Waals surface area contributed by atoms with E-state index in [4.69, 9.17) is 11.3 Å². The second-order valence-corrected chi connectivity index (χ2v) is 3.96. The maximum atomic E-state index is 11.3. The van der Waals surface area contributed by atoms with Crippen molar-refractivity contribution >= 4 is 11.9 Å². The van der Waals surface area contributed by atoms with Crippen LogP contribution in [0.3, 0.4) is 0 Å². The molecule has 0 saturated heterocycles. The highest BCUT2D eigenvalue weighted by atomic mass is 16.6. The lowest BCUT2D eigenvalue weighted by Crippen LogP contribution is -2.29. The second-order valence-electron chi connectivity index (χ2n) is 3.96. The van der Waals surface area contributed by atoms with Gasteiger partial charge >= 0.3 is 18.0 Å². The molecule has 15 heavy (non-hydrogen) atoms. The molecule has 0 heterocycles. The van der Waals surface area contributed by atoms with Crippen LogP contribution >= 0.6 is 0 Å². The van der Waals surface area contributed by atoms with Crippen LogP contribution in [0.5, 0.6) is 0 Å². The SMILES string of the molecule is [C-]#[N+][C@@H](CC(=O)OC(C)(C)C)C(=O)OC. The highest BCUT2D eigenvalue weighted by Crippen LogP contribution is 2.11. The lowest BCUT2D eigenvalue weighted by Gasteiger charge is -2.19. The third-order valence-corrected chi connectivity index (χ3v) is 1.41. The zero-order valence-electron chi connectivity index (χ0n) is 9.36. The van der Waals surface area contributed by atoms with Gasteiger partial charge in [-0.2, -0.15) is 0 Å². The smallest absolute Gasteiger partial charge is 0.390 e. The van der Waals surface area contributed by atoms with Crippen molar-refractivity contribution in [2.24, 2.45) is 0 Å². The minimum Gasteiger partial charge on any atom is -0.463 e. The maximum absolute atomic E-state index is 11.3. The lowest BCUT2D eigenvalue weighted by molar-refractivity contribution is -0.157. The van der Waals surface area contributed by atoms with Crippen molar-refractivity contribution in [3.8, 4) is 0 Å². The fourth-order valence-electron chi connectivity index (χ4n) is 0.859. The van der Waals surface area contributed by atoms with Crippen molar-refractivity contribution in [3.63, 3.8) is 0 Å². The van der Waals surface area contributed by atoms with E-state index in [0.717, 1.165) is 0 Å². The zero-order chi connectivity index (χ0) is 12.1. The van der Waals surface area contributed by atoms with Gasteiger partial charge in [0.15, 0.2) is 0 Å². The molecular weight excluding hydrogens is 198 g/mol. The average Bonchev–Trinajstić information content (AvgIpc) is 2.10. The van der Waals surface area contributed by atoms with Gasteiger partial charge in [0.1, 0.15) is 12.0 Å². The van der Waals surface area contributed by atoms with E-state index in [9.17, 15) is 9.59 Å². The van der Waals surface area contributed by atoms with Crippen molar-refractivity contribution in [2.45, 2.75) is 38.8 Å². The molecular formula is C10H15NO4. The molecule has 0 aromatic rings. The molecule has 5 heteroatoms. The summed E-state index contributed by atoms with van der Waals surface area (Å²) < 4.78 is 9.35. The quantitative estimate of drug-likeness (QED) is 0.521. The largest absolute Gasteiger partial charge is 0.463 e. The first-order chi connectivity index (χ1) is 6.80. The van der Waals surface area contributed by atoms with Crippen molar-refractivity contribution in [1.82, 2.24) is 0 Å². The fraction of sp³-hybridized carbons (Fsp3) is 0.700. The molecule has 0 aromatic heterocycles. The molecule has 0 aromatic carbocycles. The first kappa shape index (κ1) is 13.4. The molecule has 0 saturated carbocycles. The summed E-state index contributed by atoms with van der Waals surface area (Å²) in [5.41, 5.74) is -0.611. The fourth-order valence-corrected chi connectivity index (χ4v) is 0.859. The van der Waals surface area contributed by atoms with E-state index in [1.54, 1.807) is 20.8 Å². The van der Waals surface area contributed by atoms with E-state index in [1.165, 1.54) is 7.11 Å². The summed E-state index contributed by atoms with van der Waals surface area (Å²) >= 11 is 0. The van der Waals surface area contributed by atoms with Crippen LogP contribution in [-0.4, -0.2) is 30.7 Å². The molecule has 1 atom stereocenters. The van der Waals surface area contributed by atoms with E-state index in [1.807, 2.05) is 0 Å². The molecule has 0 N–H and O–H groups in total. The molecule has 0 aliphatic rings. The van der Waals surface area contributed by atoms with Gasteiger partial charge in [0.05, 0.1) is 7.11 Å². The van der Waals surface area contributed by atoms with Gasteiger partial charge < -0.3 is 14.3 Å². The minimum absolute atomic E-state index is 0.270. The number of rotatable bonds is 3. The van der Waals surface area contributed by atoms with Crippen LogP contribution in [0.4, 0.5) is 0 Å². The van der Waals surface area contributed by atoms with Gasteiger partial charge in [0, 0.05) is 0 Å². The Morgan fingerprint density at radius 2 is 1.93 bits per heavy atom. The van der Waals surface area contributed by atoms with Crippen LogP contribution in [0.1, 0.15) is 27.2 Å². The van der Waals surface area contributed by atoms with E-state index in [0.29, 0.717) is 0 Å². The Bertz CT molecular complexity index is 285. The van der Waals surface area contributed by atoms with Crippen molar-refractivity contribution in [3.05, 3.63) is 11.4 Å². The number of carbonyl (C=O) groups excluding carboxylic acids is 2. The molecule has 84 valence electrons. The summed E-state index contributed by atoms with van der Waals surface area (Å²) in [7, 11) is 1.18. The number of esters is 2. The maximum Gasteiger partial charge on any atom is 0.390 e. The minimum atomic E-state index is -1.11. The van der Waals surface area contributed by atoms with Gasteiger partial charge in [-0.1, -0.05) is 0 Å². The van der Waals surface area contributed by atoms with Crippen LogP contribution in [0.2, 0.25) is 0 Å². The third kappa shape index (κ3) is 5.68. The number of methoxy groups -OCH3 is 1. The normalized spacial score (nSPS) is 12.5. The van der Waals surface area contributed by atoms with E-state index in [-0.39, 0.29) is 6.42 Å². The predicted molar refractivity (Wildman–Crippen MR) is 52.9 cm³/mol. The molecule has 0 spiro atoms. The number of nitrogens with zero attached hydrogens (tertiary/aromatic N) is 1. The standard InChI is InChI=1S/C10H15NO4/c1-10(2,3)15-8(12)6-7(11-4)9(13)14-5/h7H,6H2,1-3,5H3/t7-/m0/s1. The summed E-state index contributed by atoms with van der Waals surface area (Å²) in [5.74, 6) is -1.29. The monoisotopic (exact) mass is 213 g/mol. The van der Waals surface area contributed by atoms with Gasteiger partial charge in [-0.05, 0) is 20.8 Å². The Balaban J connectivity index is 4.28. The highest BCUT2D eigenvalue weighted by molar-refractivity contribution is 5.84. The van der Waals surface area contributed by atoms with Crippen LogP contribution in [0.25, 0.3) is 4.85 Å². The summed E-state index contributed by atoms with van der Waals surface area (Å²) in [4.78, 5) is 25.3. The van der Waals surface area contributed by atoms with Crippen molar-refractivity contribution in [1.29, 1.82) is 0 Å². The van der Waals surface area contributed by atoms with Gasteiger partial charge in [-0.25, -0.2) is 11.4 Å². The van der Waals surface area contributed by atoms with Crippen LogP contribution < -0.4 is 0 Å². The summed E-state index contributed by atoms with van der Waals surface area (Å²) in [5, 5.41) is 0. The molecule has 0 unspecified atom stereocenters. The average molecular weight is 213 g/mol. The molecule has 0 fully saturated rings. The molecule has 0 aliphatic carbocycles. The number of ether oxygens (including phenoxy) is 2. The predicted octanol–water partition coefficient (Wildman–Crippen LogP) is 1.18. The molecule has 0 rings (SSSR count). The van der Waals surface area contributed by atoms with Crippen LogP contribution in [-0.2, 0) is 19.1 Å². The Hall–Kier alpha value is -1.57.